The summed E-state index contributed by atoms with van der Waals surface area (Å²) in [6.07, 6.45) is 1.50. The molecule has 1 aliphatic heterocycles. The molecule has 24 heavy (non-hydrogen) atoms. The van der Waals surface area contributed by atoms with E-state index in [9.17, 15) is 4.79 Å². The fraction of sp³-hybridized carbons (Fsp3) is 0.176. The summed E-state index contributed by atoms with van der Waals surface area (Å²) < 4.78 is 20.9. The number of rotatable bonds is 5. The van der Waals surface area contributed by atoms with Crippen molar-refractivity contribution in [2.24, 2.45) is 5.10 Å². The lowest BCUT2D eigenvalue weighted by Gasteiger charge is -2.07. The Kier molecular flexibility index (Phi) is 4.51. The van der Waals surface area contributed by atoms with E-state index in [1.165, 1.54) is 6.21 Å². The second-order valence-electron chi connectivity index (χ2n) is 4.88. The molecular formula is C17H16N2O5. The summed E-state index contributed by atoms with van der Waals surface area (Å²) in [6, 6.07) is 10.2. The van der Waals surface area contributed by atoms with Gasteiger partial charge in [-0.15, -0.1) is 0 Å². The molecule has 0 aliphatic carbocycles. The molecule has 1 aliphatic rings. The number of benzene rings is 2. The number of nitrogens with zero attached hydrogens (tertiary/aromatic N) is 1. The Morgan fingerprint density at radius 3 is 2.75 bits per heavy atom. The number of hydrogen-bond donors (Lipinski definition) is 1. The van der Waals surface area contributed by atoms with Crippen molar-refractivity contribution in [1.29, 1.82) is 0 Å². The van der Waals surface area contributed by atoms with E-state index in [-0.39, 0.29) is 12.7 Å². The van der Waals surface area contributed by atoms with Crippen LogP contribution in [0.2, 0.25) is 0 Å². The maximum atomic E-state index is 12.1. The van der Waals surface area contributed by atoms with Gasteiger partial charge in [0.05, 0.1) is 20.4 Å². The SMILES string of the molecule is COc1ccc(/C=N\NC(=O)c2ccc3c(c2)OCO3)c(OC)c1. The van der Waals surface area contributed by atoms with Crippen molar-refractivity contribution in [2.75, 3.05) is 21.0 Å². The van der Waals surface area contributed by atoms with Crippen LogP contribution in [0.5, 0.6) is 23.0 Å². The van der Waals surface area contributed by atoms with Gasteiger partial charge in [-0.1, -0.05) is 0 Å². The zero-order valence-electron chi connectivity index (χ0n) is 13.2. The number of fused-ring (bicyclic) bond motifs is 1. The Labute approximate surface area is 138 Å². The number of hydrazone groups is 1. The monoisotopic (exact) mass is 328 g/mol. The summed E-state index contributed by atoms with van der Waals surface area (Å²) in [6.45, 7) is 0.163. The third kappa shape index (κ3) is 3.24. The van der Waals surface area contributed by atoms with Crippen molar-refractivity contribution in [3.8, 4) is 23.0 Å². The first kappa shape index (κ1) is 15.7. The van der Waals surface area contributed by atoms with Crippen LogP contribution >= 0.6 is 0 Å². The third-order valence-corrected chi connectivity index (χ3v) is 3.45. The fourth-order valence-corrected chi connectivity index (χ4v) is 2.19. The van der Waals surface area contributed by atoms with Crippen molar-refractivity contribution in [1.82, 2.24) is 5.43 Å². The van der Waals surface area contributed by atoms with Crippen molar-refractivity contribution in [2.45, 2.75) is 0 Å². The summed E-state index contributed by atoms with van der Waals surface area (Å²) in [4.78, 5) is 12.1. The Bertz CT molecular complexity index is 789. The standard InChI is InChI=1S/C17H16N2O5/c1-21-13-5-3-12(15(8-13)22-2)9-18-19-17(20)11-4-6-14-16(7-11)24-10-23-14/h3-9H,10H2,1-2H3,(H,19,20)/b18-9-. The van der Waals surface area contributed by atoms with Crippen LogP contribution in [0.15, 0.2) is 41.5 Å². The van der Waals surface area contributed by atoms with Gasteiger partial charge in [-0.25, -0.2) is 5.43 Å². The minimum atomic E-state index is -0.350. The van der Waals surface area contributed by atoms with Gasteiger partial charge < -0.3 is 18.9 Å². The molecule has 0 saturated heterocycles. The molecule has 2 aromatic carbocycles. The highest BCUT2D eigenvalue weighted by Crippen LogP contribution is 2.32. The number of carbonyl (C=O) groups is 1. The van der Waals surface area contributed by atoms with Crippen LogP contribution in [-0.4, -0.2) is 33.1 Å². The van der Waals surface area contributed by atoms with E-state index in [1.54, 1.807) is 50.6 Å². The highest BCUT2D eigenvalue weighted by Gasteiger charge is 2.15. The maximum absolute atomic E-state index is 12.1. The van der Waals surface area contributed by atoms with Gasteiger partial charge in [-0.3, -0.25) is 4.79 Å². The molecule has 0 atom stereocenters. The number of ether oxygens (including phenoxy) is 4. The van der Waals surface area contributed by atoms with Crippen LogP contribution in [0.4, 0.5) is 0 Å². The summed E-state index contributed by atoms with van der Waals surface area (Å²) in [5.74, 6) is 2.09. The van der Waals surface area contributed by atoms with E-state index in [1.807, 2.05) is 0 Å². The van der Waals surface area contributed by atoms with Crippen molar-refractivity contribution in [3.05, 3.63) is 47.5 Å². The Hall–Kier alpha value is -3.22. The van der Waals surface area contributed by atoms with Gasteiger partial charge in [0, 0.05) is 17.2 Å². The molecule has 7 nitrogen and oxygen atoms in total. The lowest BCUT2D eigenvalue weighted by Crippen LogP contribution is -2.17. The Morgan fingerprint density at radius 1 is 1.12 bits per heavy atom. The molecule has 2 aromatic rings. The van der Waals surface area contributed by atoms with Gasteiger partial charge in [-0.2, -0.15) is 5.10 Å². The van der Waals surface area contributed by atoms with Crippen molar-refractivity contribution < 1.29 is 23.7 Å². The van der Waals surface area contributed by atoms with Gasteiger partial charge in [-0.05, 0) is 30.3 Å². The topological polar surface area (TPSA) is 78.4 Å². The molecule has 0 saturated carbocycles. The smallest absolute Gasteiger partial charge is 0.271 e. The van der Waals surface area contributed by atoms with Gasteiger partial charge in [0.2, 0.25) is 6.79 Å². The minimum Gasteiger partial charge on any atom is -0.497 e. The lowest BCUT2D eigenvalue weighted by atomic mass is 10.2. The first-order chi connectivity index (χ1) is 11.7. The molecule has 0 unspecified atom stereocenters. The average molecular weight is 328 g/mol. The van der Waals surface area contributed by atoms with Crippen LogP contribution < -0.4 is 24.4 Å². The molecule has 1 heterocycles. The van der Waals surface area contributed by atoms with Gasteiger partial charge in [0.25, 0.3) is 5.91 Å². The molecule has 3 rings (SSSR count). The molecule has 1 amide bonds. The first-order valence-electron chi connectivity index (χ1n) is 7.16. The number of hydrogen-bond acceptors (Lipinski definition) is 6. The van der Waals surface area contributed by atoms with E-state index in [2.05, 4.69) is 10.5 Å². The third-order valence-electron chi connectivity index (χ3n) is 3.45. The normalized spacial score (nSPS) is 12.2. The van der Waals surface area contributed by atoms with Crippen LogP contribution in [0.1, 0.15) is 15.9 Å². The van der Waals surface area contributed by atoms with E-state index in [4.69, 9.17) is 18.9 Å². The molecule has 0 spiro atoms. The van der Waals surface area contributed by atoms with E-state index in [0.717, 1.165) is 0 Å². The average Bonchev–Trinajstić information content (AvgIpc) is 3.09. The van der Waals surface area contributed by atoms with Gasteiger partial charge >= 0.3 is 0 Å². The van der Waals surface area contributed by atoms with Gasteiger partial charge in [0.1, 0.15) is 11.5 Å². The second kappa shape index (κ2) is 6.91. The number of amides is 1. The molecule has 1 N–H and O–H groups in total. The number of methoxy groups -OCH3 is 2. The highest BCUT2D eigenvalue weighted by molar-refractivity contribution is 5.95. The van der Waals surface area contributed by atoms with Crippen LogP contribution in [0.25, 0.3) is 0 Å². The van der Waals surface area contributed by atoms with Crippen LogP contribution in [0, 0.1) is 0 Å². The second-order valence-corrected chi connectivity index (χ2v) is 4.88. The Balaban J connectivity index is 1.69. The van der Waals surface area contributed by atoms with Crippen LogP contribution in [0.3, 0.4) is 0 Å². The van der Waals surface area contributed by atoms with Crippen molar-refractivity contribution >= 4 is 12.1 Å². The predicted octanol–water partition coefficient (Wildman–Crippen LogP) is 2.20. The summed E-state index contributed by atoms with van der Waals surface area (Å²) in [5, 5.41) is 3.96. The fourth-order valence-electron chi connectivity index (χ4n) is 2.19. The molecule has 0 radical (unpaired) electrons. The Morgan fingerprint density at radius 2 is 1.96 bits per heavy atom. The van der Waals surface area contributed by atoms with E-state index >= 15 is 0 Å². The zero-order chi connectivity index (χ0) is 16.9. The molecule has 7 heteroatoms. The molecule has 0 aromatic heterocycles. The molecular weight excluding hydrogens is 312 g/mol. The van der Waals surface area contributed by atoms with Crippen LogP contribution in [-0.2, 0) is 0 Å². The lowest BCUT2D eigenvalue weighted by molar-refractivity contribution is 0.0954. The number of nitrogens with one attached hydrogen (secondary N) is 1. The quantitative estimate of drug-likeness (QED) is 0.672. The predicted molar refractivity (Wildman–Crippen MR) is 87.2 cm³/mol. The highest BCUT2D eigenvalue weighted by atomic mass is 16.7. The summed E-state index contributed by atoms with van der Waals surface area (Å²) in [5.41, 5.74) is 3.61. The summed E-state index contributed by atoms with van der Waals surface area (Å²) in [7, 11) is 3.13. The molecule has 0 bridgehead atoms. The van der Waals surface area contributed by atoms with Gasteiger partial charge in [0.15, 0.2) is 11.5 Å². The number of carbonyl (C=O) groups excluding carboxylic acids is 1. The van der Waals surface area contributed by atoms with E-state index < -0.39 is 0 Å². The van der Waals surface area contributed by atoms with E-state index in [0.29, 0.717) is 34.1 Å². The van der Waals surface area contributed by atoms with Crippen molar-refractivity contribution in [3.63, 3.8) is 0 Å². The first-order valence-corrected chi connectivity index (χ1v) is 7.16. The maximum Gasteiger partial charge on any atom is 0.271 e. The minimum absolute atomic E-state index is 0.163. The summed E-state index contributed by atoms with van der Waals surface area (Å²) >= 11 is 0. The molecule has 124 valence electrons. The zero-order valence-corrected chi connectivity index (χ0v) is 13.2. The molecule has 0 fully saturated rings. The largest absolute Gasteiger partial charge is 0.497 e.